The maximum Gasteiger partial charge on any atom is 0.226 e. The molecule has 3 rings (SSSR count). The second kappa shape index (κ2) is 6.48. The van der Waals surface area contributed by atoms with Crippen LogP contribution in [-0.2, 0) is 11.2 Å². The Hall–Kier alpha value is -1.55. The Morgan fingerprint density at radius 2 is 2.38 bits per heavy atom. The zero-order valence-electron chi connectivity index (χ0n) is 12.7. The summed E-state index contributed by atoms with van der Waals surface area (Å²) in [5.41, 5.74) is 2.26. The summed E-state index contributed by atoms with van der Waals surface area (Å²) in [6.45, 7) is 5.41. The summed E-state index contributed by atoms with van der Waals surface area (Å²) >= 11 is 0. The number of carbonyl (C=O) groups is 1. The van der Waals surface area contributed by atoms with Crippen molar-refractivity contribution in [1.29, 1.82) is 0 Å². The van der Waals surface area contributed by atoms with Crippen LogP contribution in [0, 0.1) is 5.92 Å². The summed E-state index contributed by atoms with van der Waals surface area (Å²) in [4.78, 5) is 14.0. The third-order valence-corrected chi connectivity index (χ3v) is 4.41. The van der Waals surface area contributed by atoms with Crippen molar-refractivity contribution in [2.24, 2.45) is 5.92 Å². The minimum atomic E-state index is 0.177. The fourth-order valence-corrected chi connectivity index (χ4v) is 3.27. The van der Waals surface area contributed by atoms with Gasteiger partial charge in [0.25, 0.3) is 0 Å². The molecule has 1 N–H and O–H groups in total. The number of hydrogen-bond acceptors (Lipinski definition) is 3. The second-order valence-electron chi connectivity index (χ2n) is 5.97. The van der Waals surface area contributed by atoms with Crippen molar-refractivity contribution in [3.05, 3.63) is 23.8 Å². The number of anilines is 1. The number of nitrogens with zero attached hydrogens (tertiary/aromatic N) is 1. The molecule has 0 spiro atoms. The van der Waals surface area contributed by atoms with Crippen LogP contribution in [0.15, 0.2) is 18.2 Å². The highest BCUT2D eigenvalue weighted by molar-refractivity contribution is 5.95. The first-order chi connectivity index (χ1) is 10.3. The predicted molar refractivity (Wildman–Crippen MR) is 83.9 cm³/mol. The summed E-state index contributed by atoms with van der Waals surface area (Å²) in [5, 5.41) is 3.46. The fourth-order valence-electron chi connectivity index (χ4n) is 3.27. The summed E-state index contributed by atoms with van der Waals surface area (Å²) in [6, 6.07) is 6.32. The van der Waals surface area contributed by atoms with Crippen LogP contribution in [0.2, 0.25) is 0 Å². The van der Waals surface area contributed by atoms with E-state index in [0.717, 1.165) is 30.9 Å². The molecule has 0 aromatic heterocycles. The lowest BCUT2D eigenvalue weighted by Crippen LogP contribution is -2.37. The van der Waals surface area contributed by atoms with E-state index in [1.54, 1.807) is 0 Å². The van der Waals surface area contributed by atoms with Crippen LogP contribution in [0.25, 0.3) is 0 Å². The zero-order chi connectivity index (χ0) is 14.7. The molecule has 0 saturated carbocycles. The van der Waals surface area contributed by atoms with Crippen LogP contribution in [0.1, 0.15) is 31.7 Å². The Kier molecular flexibility index (Phi) is 4.44. The van der Waals surface area contributed by atoms with Gasteiger partial charge >= 0.3 is 0 Å². The van der Waals surface area contributed by atoms with Crippen LogP contribution < -0.4 is 15.0 Å². The van der Waals surface area contributed by atoms with Crippen molar-refractivity contribution in [3.63, 3.8) is 0 Å². The Labute approximate surface area is 126 Å². The van der Waals surface area contributed by atoms with Gasteiger partial charge in [-0.2, -0.15) is 0 Å². The fraction of sp³-hybridized carbons (Fsp3) is 0.588. The molecule has 0 radical (unpaired) electrons. The zero-order valence-corrected chi connectivity index (χ0v) is 12.7. The van der Waals surface area contributed by atoms with Crippen molar-refractivity contribution >= 4 is 11.6 Å². The lowest BCUT2D eigenvalue weighted by atomic mass is 9.92. The average Bonchev–Trinajstić information content (AvgIpc) is 2.54. The molecule has 4 heteroatoms. The van der Waals surface area contributed by atoms with Gasteiger partial charge in [0.2, 0.25) is 5.91 Å². The minimum Gasteiger partial charge on any atom is -0.490 e. The van der Waals surface area contributed by atoms with Gasteiger partial charge in [-0.15, -0.1) is 0 Å². The summed E-state index contributed by atoms with van der Waals surface area (Å²) in [6.07, 6.45) is 4.17. The van der Waals surface area contributed by atoms with E-state index in [9.17, 15) is 4.79 Å². The molecule has 114 valence electrons. The highest BCUT2D eigenvalue weighted by Gasteiger charge is 2.23. The average molecular weight is 288 g/mol. The van der Waals surface area contributed by atoms with E-state index in [1.165, 1.54) is 18.4 Å². The van der Waals surface area contributed by atoms with Gasteiger partial charge in [-0.25, -0.2) is 0 Å². The number of hydrogen-bond donors (Lipinski definition) is 1. The van der Waals surface area contributed by atoms with E-state index in [1.807, 2.05) is 17.9 Å². The molecule has 4 nitrogen and oxygen atoms in total. The van der Waals surface area contributed by atoms with E-state index in [2.05, 4.69) is 17.4 Å². The molecule has 21 heavy (non-hydrogen) atoms. The molecule has 1 fully saturated rings. The Bertz CT molecular complexity index is 510. The Morgan fingerprint density at radius 3 is 3.14 bits per heavy atom. The quantitative estimate of drug-likeness (QED) is 0.928. The number of carbonyl (C=O) groups excluding carboxylic acids is 1. The smallest absolute Gasteiger partial charge is 0.226 e. The molecular formula is C17H24N2O2. The molecule has 0 bridgehead atoms. The standard InChI is InChI=1S/C17H24N2O2/c1-2-17(20)19-8-9-21-16-6-5-13(11-15(16)19)10-14-4-3-7-18-12-14/h5-6,11,14,18H,2-4,7-10,12H2,1H3. The predicted octanol–water partition coefficient (Wildman–Crippen LogP) is 2.36. The molecule has 2 aliphatic heterocycles. The van der Waals surface area contributed by atoms with Crippen LogP contribution >= 0.6 is 0 Å². The number of nitrogens with one attached hydrogen (secondary N) is 1. The summed E-state index contributed by atoms with van der Waals surface area (Å²) in [5.74, 6) is 1.72. The second-order valence-corrected chi connectivity index (χ2v) is 5.97. The maximum absolute atomic E-state index is 12.1. The lowest BCUT2D eigenvalue weighted by Gasteiger charge is -2.30. The monoisotopic (exact) mass is 288 g/mol. The largest absolute Gasteiger partial charge is 0.490 e. The molecule has 1 saturated heterocycles. The van der Waals surface area contributed by atoms with Gasteiger partial charge in [0.15, 0.2) is 0 Å². The van der Waals surface area contributed by atoms with Crippen molar-refractivity contribution in [1.82, 2.24) is 5.32 Å². The van der Waals surface area contributed by atoms with E-state index in [0.29, 0.717) is 25.5 Å². The Morgan fingerprint density at radius 1 is 1.48 bits per heavy atom. The van der Waals surface area contributed by atoms with E-state index < -0.39 is 0 Å². The topological polar surface area (TPSA) is 41.6 Å². The summed E-state index contributed by atoms with van der Waals surface area (Å²) in [7, 11) is 0. The van der Waals surface area contributed by atoms with Crippen LogP contribution in [0.5, 0.6) is 5.75 Å². The summed E-state index contributed by atoms with van der Waals surface area (Å²) < 4.78 is 5.69. The number of benzene rings is 1. The van der Waals surface area contributed by atoms with Gasteiger partial charge in [0.05, 0.1) is 12.2 Å². The SMILES string of the molecule is CCC(=O)N1CCOc2ccc(CC3CCCNC3)cc21. The Balaban J connectivity index is 1.79. The molecule has 1 atom stereocenters. The van der Waals surface area contributed by atoms with Gasteiger partial charge in [-0.1, -0.05) is 13.0 Å². The third kappa shape index (κ3) is 3.21. The molecule has 2 aliphatic rings. The molecular weight excluding hydrogens is 264 g/mol. The number of piperidine rings is 1. The normalized spacial score (nSPS) is 21.6. The minimum absolute atomic E-state index is 0.177. The van der Waals surface area contributed by atoms with Crippen LogP contribution in [0.3, 0.4) is 0 Å². The van der Waals surface area contributed by atoms with Gasteiger partial charge in [0, 0.05) is 6.42 Å². The molecule has 2 heterocycles. The van der Waals surface area contributed by atoms with Crippen molar-refractivity contribution < 1.29 is 9.53 Å². The molecule has 1 unspecified atom stereocenters. The number of ether oxygens (including phenoxy) is 1. The lowest BCUT2D eigenvalue weighted by molar-refractivity contribution is -0.118. The van der Waals surface area contributed by atoms with Crippen molar-refractivity contribution in [2.45, 2.75) is 32.6 Å². The third-order valence-electron chi connectivity index (χ3n) is 4.41. The van der Waals surface area contributed by atoms with Crippen molar-refractivity contribution in [2.75, 3.05) is 31.1 Å². The number of rotatable bonds is 3. The first kappa shape index (κ1) is 14.4. The molecule has 0 aliphatic carbocycles. The van der Waals surface area contributed by atoms with Crippen LogP contribution in [0.4, 0.5) is 5.69 Å². The number of amides is 1. The van der Waals surface area contributed by atoms with Gasteiger partial charge in [-0.3, -0.25) is 4.79 Å². The van der Waals surface area contributed by atoms with Gasteiger partial charge in [-0.05, 0) is 56.0 Å². The van der Waals surface area contributed by atoms with E-state index in [-0.39, 0.29) is 5.91 Å². The maximum atomic E-state index is 12.1. The van der Waals surface area contributed by atoms with Crippen LogP contribution in [-0.4, -0.2) is 32.1 Å². The van der Waals surface area contributed by atoms with E-state index >= 15 is 0 Å². The van der Waals surface area contributed by atoms with Gasteiger partial charge in [0.1, 0.15) is 12.4 Å². The highest BCUT2D eigenvalue weighted by atomic mass is 16.5. The molecule has 1 amide bonds. The molecule has 1 aromatic carbocycles. The number of fused-ring (bicyclic) bond motifs is 1. The first-order valence-corrected chi connectivity index (χ1v) is 8.04. The molecule has 1 aromatic rings. The van der Waals surface area contributed by atoms with Gasteiger partial charge < -0.3 is 15.0 Å². The first-order valence-electron chi connectivity index (χ1n) is 8.04. The highest BCUT2D eigenvalue weighted by Crippen LogP contribution is 2.33. The van der Waals surface area contributed by atoms with Crippen molar-refractivity contribution in [3.8, 4) is 5.75 Å². The van der Waals surface area contributed by atoms with E-state index in [4.69, 9.17) is 4.74 Å².